The number of benzene rings is 1. The SMILES string of the molecule is CCOC(=O)c1cn(CC)c2nc3cc(N4CC(N(C)C)C4)c(F)cc3cc2c1=O. The Morgan fingerprint density at radius 1 is 1.27 bits per heavy atom. The van der Waals surface area contributed by atoms with Gasteiger partial charge in [0.05, 0.1) is 23.2 Å². The molecule has 0 radical (unpaired) electrons. The van der Waals surface area contributed by atoms with Crippen molar-refractivity contribution in [3.05, 3.63) is 46.0 Å². The number of fused-ring (bicyclic) bond motifs is 2. The summed E-state index contributed by atoms with van der Waals surface area (Å²) in [6.07, 6.45) is 1.49. The van der Waals surface area contributed by atoms with E-state index in [-0.39, 0.29) is 23.4 Å². The first-order valence-electron chi connectivity index (χ1n) is 10.1. The lowest BCUT2D eigenvalue weighted by Gasteiger charge is -2.44. The van der Waals surface area contributed by atoms with E-state index in [1.165, 1.54) is 12.3 Å². The highest BCUT2D eigenvalue weighted by molar-refractivity contribution is 5.97. The molecule has 7 nitrogen and oxygen atoms in total. The fourth-order valence-corrected chi connectivity index (χ4v) is 3.80. The number of aryl methyl sites for hydroxylation is 1. The number of ether oxygens (including phenoxy) is 1. The van der Waals surface area contributed by atoms with E-state index < -0.39 is 11.4 Å². The van der Waals surface area contributed by atoms with E-state index in [1.54, 1.807) is 23.6 Å². The third-order valence-electron chi connectivity index (χ3n) is 5.68. The van der Waals surface area contributed by atoms with Gasteiger partial charge >= 0.3 is 5.97 Å². The standard InChI is InChI=1S/C22H25FN4O3/c1-5-26-12-16(22(29)30-6-2)20(28)15-7-13-8-17(23)19(9-18(13)24-21(15)26)27-10-14(11-27)25(3)4/h7-9,12,14H,5-6,10-11H2,1-4H3. The zero-order chi connectivity index (χ0) is 21.6. The molecule has 0 bridgehead atoms. The second-order valence-corrected chi connectivity index (χ2v) is 7.76. The smallest absolute Gasteiger partial charge is 0.343 e. The molecule has 0 unspecified atom stereocenters. The van der Waals surface area contributed by atoms with Crippen LogP contribution in [0, 0.1) is 5.82 Å². The molecule has 3 heterocycles. The molecule has 1 aliphatic heterocycles. The van der Waals surface area contributed by atoms with Crippen molar-refractivity contribution in [2.45, 2.75) is 26.4 Å². The van der Waals surface area contributed by atoms with Gasteiger partial charge in [0, 0.05) is 37.3 Å². The molecule has 1 aliphatic rings. The first kappa shape index (κ1) is 20.3. The van der Waals surface area contributed by atoms with Crippen LogP contribution in [0.15, 0.2) is 29.2 Å². The zero-order valence-corrected chi connectivity index (χ0v) is 17.6. The molecule has 0 spiro atoms. The molecule has 0 atom stereocenters. The molecule has 0 amide bonds. The van der Waals surface area contributed by atoms with Crippen LogP contribution < -0.4 is 10.3 Å². The van der Waals surface area contributed by atoms with E-state index in [4.69, 9.17) is 4.74 Å². The summed E-state index contributed by atoms with van der Waals surface area (Å²) in [6, 6.07) is 5.16. The second-order valence-electron chi connectivity index (χ2n) is 7.76. The number of hydrogen-bond donors (Lipinski definition) is 0. The van der Waals surface area contributed by atoms with Crippen molar-refractivity contribution < 1.29 is 13.9 Å². The number of halogens is 1. The molecule has 4 rings (SSSR count). The fourth-order valence-electron chi connectivity index (χ4n) is 3.80. The Bertz CT molecular complexity index is 1200. The van der Waals surface area contributed by atoms with Crippen LogP contribution >= 0.6 is 0 Å². The lowest BCUT2D eigenvalue weighted by molar-refractivity contribution is 0.0524. The average Bonchev–Trinajstić information content (AvgIpc) is 2.66. The molecule has 158 valence electrons. The topological polar surface area (TPSA) is 67.7 Å². The Morgan fingerprint density at radius 2 is 2.00 bits per heavy atom. The largest absolute Gasteiger partial charge is 0.462 e. The van der Waals surface area contributed by atoms with Crippen LogP contribution in [0.3, 0.4) is 0 Å². The number of nitrogens with zero attached hydrogens (tertiary/aromatic N) is 4. The number of aromatic nitrogens is 2. The molecular formula is C22H25FN4O3. The van der Waals surface area contributed by atoms with Gasteiger partial charge in [-0.25, -0.2) is 14.2 Å². The van der Waals surface area contributed by atoms with Gasteiger partial charge in [-0.05, 0) is 46.1 Å². The van der Waals surface area contributed by atoms with Crippen LogP contribution in [0.4, 0.5) is 10.1 Å². The molecule has 2 aromatic heterocycles. The molecule has 1 fully saturated rings. The summed E-state index contributed by atoms with van der Waals surface area (Å²) in [6.45, 7) is 5.80. The maximum absolute atomic E-state index is 14.8. The van der Waals surface area contributed by atoms with Gasteiger partial charge in [0.25, 0.3) is 0 Å². The lowest BCUT2D eigenvalue weighted by Crippen LogP contribution is -2.57. The monoisotopic (exact) mass is 412 g/mol. The molecule has 1 aromatic carbocycles. The van der Waals surface area contributed by atoms with Crippen LogP contribution in [0.2, 0.25) is 0 Å². The first-order valence-corrected chi connectivity index (χ1v) is 10.1. The van der Waals surface area contributed by atoms with Crippen molar-refractivity contribution in [3.8, 4) is 0 Å². The van der Waals surface area contributed by atoms with E-state index in [2.05, 4.69) is 9.88 Å². The van der Waals surface area contributed by atoms with Gasteiger partial charge in [-0.3, -0.25) is 4.79 Å². The maximum Gasteiger partial charge on any atom is 0.343 e. The third kappa shape index (κ3) is 3.31. The Morgan fingerprint density at radius 3 is 2.63 bits per heavy atom. The van der Waals surface area contributed by atoms with E-state index >= 15 is 0 Å². The van der Waals surface area contributed by atoms with E-state index in [9.17, 15) is 14.0 Å². The van der Waals surface area contributed by atoms with Crippen molar-refractivity contribution in [1.82, 2.24) is 14.5 Å². The molecule has 0 saturated carbocycles. The number of rotatable bonds is 5. The molecule has 1 saturated heterocycles. The van der Waals surface area contributed by atoms with E-state index in [0.717, 1.165) is 13.1 Å². The summed E-state index contributed by atoms with van der Waals surface area (Å²) < 4.78 is 21.6. The predicted molar refractivity (Wildman–Crippen MR) is 115 cm³/mol. The Hall–Kier alpha value is -3.00. The van der Waals surface area contributed by atoms with Crippen LogP contribution in [0.5, 0.6) is 0 Å². The van der Waals surface area contributed by atoms with E-state index in [1.807, 2.05) is 25.9 Å². The molecule has 0 aliphatic carbocycles. The Labute approximate surface area is 173 Å². The summed E-state index contributed by atoms with van der Waals surface area (Å²) in [5, 5.41) is 0.799. The van der Waals surface area contributed by atoms with Crippen LogP contribution in [-0.2, 0) is 11.3 Å². The number of carbonyl (C=O) groups is 1. The Balaban J connectivity index is 1.85. The van der Waals surface area contributed by atoms with Crippen molar-refractivity contribution in [2.75, 3.05) is 38.7 Å². The molecule has 0 N–H and O–H groups in total. The maximum atomic E-state index is 14.8. The average molecular weight is 412 g/mol. The van der Waals surface area contributed by atoms with Crippen molar-refractivity contribution >= 4 is 33.6 Å². The van der Waals surface area contributed by atoms with Crippen LogP contribution in [0.25, 0.3) is 21.9 Å². The first-order chi connectivity index (χ1) is 14.3. The quantitative estimate of drug-likeness (QED) is 0.474. The Kier molecular flexibility index (Phi) is 5.19. The van der Waals surface area contributed by atoms with Crippen LogP contribution in [-0.4, -0.2) is 60.3 Å². The second kappa shape index (κ2) is 7.68. The highest BCUT2D eigenvalue weighted by atomic mass is 19.1. The molecule has 30 heavy (non-hydrogen) atoms. The van der Waals surface area contributed by atoms with E-state index in [0.29, 0.717) is 34.8 Å². The zero-order valence-electron chi connectivity index (χ0n) is 17.6. The van der Waals surface area contributed by atoms with Crippen molar-refractivity contribution in [2.24, 2.45) is 0 Å². The van der Waals surface area contributed by atoms with Gasteiger partial charge in [-0.2, -0.15) is 0 Å². The van der Waals surface area contributed by atoms with Crippen molar-refractivity contribution in [1.29, 1.82) is 0 Å². The van der Waals surface area contributed by atoms with Gasteiger partial charge in [-0.15, -0.1) is 0 Å². The number of carbonyl (C=O) groups excluding carboxylic acids is 1. The minimum absolute atomic E-state index is 0.0419. The van der Waals surface area contributed by atoms with Gasteiger partial charge in [0.15, 0.2) is 0 Å². The van der Waals surface area contributed by atoms with Gasteiger partial charge in [0.2, 0.25) is 5.43 Å². The third-order valence-corrected chi connectivity index (χ3v) is 5.68. The fraction of sp³-hybridized carbons (Fsp3) is 0.409. The van der Waals surface area contributed by atoms with Gasteiger partial charge < -0.3 is 19.1 Å². The lowest BCUT2D eigenvalue weighted by atomic mass is 10.0. The number of hydrogen-bond acceptors (Lipinski definition) is 6. The highest BCUT2D eigenvalue weighted by Gasteiger charge is 2.30. The summed E-state index contributed by atoms with van der Waals surface area (Å²) in [5.74, 6) is -1.01. The number of esters is 1. The summed E-state index contributed by atoms with van der Waals surface area (Å²) in [7, 11) is 4.03. The summed E-state index contributed by atoms with van der Waals surface area (Å²) in [4.78, 5) is 33.9. The molecule has 3 aromatic rings. The van der Waals surface area contributed by atoms with Gasteiger partial charge in [-0.1, -0.05) is 0 Å². The molecular weight excluding hydrogens is 387 g/mol. The summed E-state index contributed by atoms with van der Waals surface area (Å²) in [5.41, 5.74) is 1.09. The highest BCUT2D eigenvalue weighted by Crippen LogP contribution is 2.30. The van der Waals surface area contributed by atoms with Crippen molar-refractivity contribution in [3.63, 3.8) is 0 Å². The number of anilines is 1. The summed E-state index contributed by atoms with van der Waals surface area (Å²) >= 11 is 0. The number of likely N-dealkylation sites (N-methyl/N-ethyl adjacent to an activating group) is 1. The van der Waals surface area contributed by atoms with Gasteiger partial charge in [0.1, 0.15) is 17.0 Å². The minimum Gasteiger partial charge on any atom is -0.462 e. The molecule has 8 heteroatoms. The number of pyridine rings is 2. The normalized spacial score (nSPS) is 14.5. The van der Waals surface area contributed by atoms with Crippen LogP contribution in [0.1, 0.15) is 24.2 Å². The predicted octanol–water partition coefficient (Wildman–Crippen LogP) is 2.64. The minimum atomic E-state index is -0.665.